The van der Waals surface area contributed by atoms with Gasteiger partial charge in [0.05, 0.1) is 15.9 Å². The number of benzene rings is 1. The van der Waals surface area contributed by atoms with Crippen molar-refractivity contribution in [2.75, 3.05) is 7.05 Å². The largest absolute Gasteiger partial charge is 0.313 e. The molecule has 1 atom stereocenters. The van der Waals surface area contributed by atoms with Gasteiger partial charge in [-0.05, 0) is 47.1 Å². The van der Waals surface area contributed by atoms with Gasteiger partial charge in [0, 0.05) is 24.0 Å². The van der Waals surface area contributed by atoms with Gasteiger partial charge in [-0.2, -0.15) is 5.10 Å². The van der Waals surface area contributed by atoms with Crippen molar-refractivity contribution in [2.45, 2.75) is 25.8 Å². The van der Waals surface area contributed by atoms with E-state index in [1.165, 1.54) is 12.1 Å². The summed E-state index contributed by atoms with van der Waals surface area (Å²) in [5.74, 6) is -0.240. The monoisotopic (exact) mass is 417 g/mol. The summed E-state index contributed by atoms with van der Waals surface area (Å²) in [6, 6.07) is 4.87. The Kier molecular flexibility index (Phi) is 5.57. The van der Waals surface area contributed by atoms with Gasteiger partial charge >= 0.3 is 0 Å². The molecule has 0 amide bonds. The molecule has 0 radical (unpaired) electrons. The molecule has 0 bridgehead atoms. The van der Waals surface area contributed by atoms with Crippen molar-refractivity contribution in [1.29, 1.82) is 0 Å². The van der Waals surface area contributed by atoms with Gasteiger partial charge in [0.2, 0.25) is 0 Å². The van der Waals surface area contributed by atoms with Gasteiger partial charge in [-0.1, -0.05) is 28.9 Å². The fourth-order valence-corrected chi connectivity index (χ4v) is 3.79. The zero-order chi connectivity index (χ0) is 15.6. The van der Waals surface area contributed by atoms with E-state index in [-0.39, 0.29) is 11.9 Å². The second kappa shape index (κ2) is 7.03. The molecule has 2 rings (SSSR count). The first kappa shape index (κ1) is 16.6. The molecule has 0 spiro atoms. The van der Waals surface area contributed by atoms with Crippen molar-refractivity contribution < 1.29 is 4.39 Å². The summed E-state index contributed by atoms with van der Waals surface area (Å²) >= 11 is 7.08. The van der Waals surface area contributed by atoms with Crippen LogP contribution >= 0.6 is 31.9 Å². The smallest absolute Gasteiger partial charge is 0.124 e. The lowest BCUT2D eigenvalue weighted by molar-refractivity contribution is 0.555. The maximum absolute atomic E-state index is 13.2. The van der Waals surface area contributed by atoms with Gasteiger partial charge in [-0.25, -0.2) is 4.39 Å². The van der Waals surface area contributed by atoms with Gasteiger partial charge in [-0.3, -0.25) is 4.68 Å². The second-order valence-corrected chi connectivity index (χ2v) is 6.54. The molecular weight excluding hydrogens is 401 g/mol. The molecule has 6 heteroatoms. The first-order valence-corrected chi connectivity index (χ1v) is 8.39. The van der Waals surface area contributed by atoms with Crippen LogP contribution in [0.4, 0.5) is 4.39 Å². The van der Waals surface area contributed by atoms with Crippen LogP contribution < -0.4 is 5.32 Å². The van der Waals surface area contributed by atoms with Crippen LogP contribution in [0.5, 0.6) is 0 Å². The van der Waals surface area contributed by atoms with Crippen LogP contribution in [-0.2, 0) is 19.9 Å². The summed E-state index contributed by atoms with van der Waals surface area (Å²) in [7, 11) is 3.86. The van der Waals surface area contributed by atoms with E-state index >= 15 is 0 Å². The third-order valence-electron chi connectivity index (χ3n) is 3.59. The fraction of sp³-hybridized carbons (Fsp3) is 0.400. The third-order valence-corrected chi connectivity index (χ3v) is 5.19. The van der Waals surface area contributed by atoms with Gasteiger partial charge in [0.25, 0.3) is 0 Å². The van der Waals surface area contributed by atoms with Crippen molar-refractivity contribution in [2.24, 2.45) is 7.05 Å². The molecule has 1 aromatic carbocycles. The van der Waals surface area contributed by atoms with Gasteiger partial charge in [-0.15, -0.1) is 0 Å². The molecule has 1 unspecified atom stereocenters. The fourth-order valence-electron chi connectivity index (χ4n) is 2.39. The average molecular weight is 419 g/mol. The van der Waals surface area contributed by atoms with Crippen LogP contribution in [-0.4, -0.2) is 16.8 Å². The van der Waals surface area contributed by atoms with E-state index in [9.17, 15) is 4.39 Å². The van der Waals surface area contributed by atoms with Crippen LogP contribution in [0.3, 0.4) is 0 Å². The SMILES string of the molecule is CCc1nn(C)c(CC(NC)c2ccc(F)cc2Br)c1Br. The molecule has 0 saturated carbocycles. The molecule has 3 nitrogen and oxygen atoms in total. The Balaban J connectivity index is 2.33. The zero-order valence-corrected chi connectivity index (χ0v) is 15.4. The Morgan fingerprint density at radius 3 is 2.62 bits per heavy atom. The summed E-state index contributed by atoms with van der Waals surface area (Å²) in [5.41, 5.74) is 3.22. The molecule has 0 aliphatic heterocycles. The van der Waals surface area contributed by atoms with Crippen LogP contribution in [0, 0.1) is 5.82 Å². The molecule has 0 aliphatic carbocycles. The number of hydrogen-bond donors (Lipinski definition) is 1. The molecule has 1 aromatic heterocycles. The number of aryl methyl sites for hydroxylation is 2. The minimum absolute atomic E-state index is 0.0800. The quantitative estimate of drug-likeness (QED) is 0.790. The predicted octanol–water partition coefficient (Wildman–Crippen LogP) is 4.15. The van der Waals surface area contributed by atoms with E-state index in [1.807, 2.05) is 24.8 Å². The number of nitrogens with one attached hydrogen (secondary N) is 1. The van der Waals surface area contributed by atoms with E-state index in [0.29, 0.717) is 0 Å². The first-order chi connectivity index (χ1) is 9.97. The van der Waals surface area contributed by atoms with Crippen molar-refractivity contribution in [3.8, 4) is 0 Å². The number of aromatic nitrogens is 2. The van der Waals surface area contributed by atoms with Crippen molar-refractivity contribution in [3.63, 3.8) is 0 Å². The molecule has 0 aliphatic rings. The Labute approximate surface area is 141 Å². The lowest BCUT2D eigenvalue weighted by atomic mass is 10.0. The molecule has 0 fully saturated rings. The predicted molar refractivity (Wildman–Crippen MR) is 89.9 cm³/mol. The van der Waals surface area contributed by atoms with Gasteiger partial charge < -0.3 is 5.32 Å². The summed E-state index contributed by atoms with van der Waals surface area (Å²) in [6.45, 7) is 2.09. The highest BCUT2D eigenvalue weighted by atomic mass is 79.9. The van der Waals surface area contributed by atoms with Crippen LogP contribution in [0.2, 0.25) is 0 Å². The Morgan fingerprint density at radius 2 is 2.10 bits per heavy atom. The molecular formula is C15H18Br2FN3. The zero-order valence-electron chi connectivity index (χ0n) is 12.3. The molecule has 1 heterocycles. The maximum Gasteiger partial charge on any atom is 0.124 e. The van der Waals surface area contributed by atoms with E-state index in [1.54, 1.807) is 0 Å². The summed E-state index contributed by atoms with van der Waals surface area (Å²) in [5, 5.41) is 7.81. The third kappa shape index (κ3) is 3.55. The highest BCUT2D eigenvalue weighted by Crippen LogP contribution is 2.30. The second-order valence-electron chi connectivity index (χ2n) is 4.90. The number of rotatable bonds is 5. The Morgan fingerprint density at radius 1 is 1.38 bits per heavy atom. The molecule has 1 N–H and O–H groups in total. The Bertz CT molecular complexity index is 640. The van der Waals surface area contributed by atoms with Crippen LogP contribution in [0.1, 0.15) is 29.9 Å². The normalized spacial score (nSPS) is 12.7. The Hall–Kier alpha value is -0.720. The van der Waals surface area contributed by atoms with Crippen molar-refractivity contribution >= 4 is 31.9 Å². The summed E-state index contributed by atoms with van der Waals surface area (Å²) in [4.78, 5) is 0. The highest BCUT2D eigenvalue weighted by molar-refractivity contribution is 9.10. The first-order valence-electron chi connectivity index (χ1n) is 6.80. The minimum Gasteiger partial charge on any atom is -0.313 e. The van der Waals surface area contributed by atoms with E-state index in [2.05, 4.69) is 49.2 Å². The minimum atomic E-state index is -0.240. The number of hydrogen-bond acceptors (Lipinski definition) is 2. The lowest BCUT2D eigenvalue weighted by Crippen LogP contribution is -2.21. The van der Waals surface area contributed by atoms with Crippen molar-refractivity contribution in [1.82, 2.24) is 15.1 Å². The van der Waals surface area contributed by atoms with Crippen LogP contribution in [0.15, 0.2) is 27.1 Å². The lowest BCUT2D eigenvalue weighted by Gasteiger charge is -2.18. The highest BCUT2D eigenvalue weighted by Gasteiger charge is 2.19. The molecule has 114 valence electrons. The molecule has 21 heavy (non-hydrogen) atoms. The van der Waals surface area contributed by atoms with Crippen LogP contribution in [0.25, 0.3) is 0 Å². The van der Waals surface area contributed by atoms with Gasteiger partial charge in [0.1, 0.15) is 5.82 Å². The summed E-state index contributed by atoms with van der Waals surface area (Å²) in [6.07, 6.45) is 1.66. The van der Waals surface area contributed by atoms with E-state index in [0.717, 1.165) is 38.7 Å². The standard InChI is InChI=1S/C15H18Br2FN3/c1-4-12-15(17)14(21(3)20-12)8-13(19-2)10-6-5-9(18)7-11(10)16/h5-7,13,19H,4,8H2,1-3H3. The number of halogens is 3. The van der Waals surface area contributed by atoms with E-state index in [4.69, 9.17) is 0 Å². The average Bonchev–Trinajstić information content (AvgIpc) is 2.72. The van der Waals surface area contributed by atoms with E-state index < -0.39 is 0 Å². The molecule has 0 saturated heterocycles. The number of nitrogens with zero attached hydrogens (tertiary/aromatic N) is 2. The molecule has 2 aromatic rings. The van der Waals surface area contributed by atoms with Gasteiger partial charge in [0.15, 0.2) is 0 Å². The number of likely N-dealkylation sites (N-methyl/N-ethyl adjacent to an activating group) is 1. The summed E-state index contributed by atoms with van der Waals surface area (Å²) < 4.78 is 17.0. The topological polar surface area (TPSA) is 29.9 Å². The van der Waals surface area contributed by atoms with Crippen molar-refractivity contribution in [3.05, 3.63) is 49.9 Å². The maximum atomic E-state index is 13.2.